The Kier molecular flexibility index (Phi) is 6.41. The molecular weight excluding hydrogens is 448 g/mol. The van der Waals surface area contributed by atoms with E-state index in [1.54, 1.807) is 35.2 Å². The largest absolute Gasteiger partial charge is 0.481 e. The molecule has 0 bridgehead atoms. The van der Waals surface area contributed by atoms with Gasteiger partial charge >= 0.3 is 5.97 Å². The van der Waals surface area contributed by atoms with Crippen molar-refractivity contribution in [3.8, 4) is 10.6 Å². The number of thioether (sulfide) groups is 1. The first-order chi connectivity index (χ1) is 15.2. The molecule has 0 atom stereocenters. The highest BCUT2D eigenvalue weighted by atomic mass is 32.2. The van der Waals surface area contributed by atoms with Crippen molar-refractivity contribution in [1.29, 1.82) is 0 Å². The Labute approximate surface area is 194 Å². The van der Waals surface area contributed by atoms with Crippen molar-refractivity contribution in [3.63, 3.8) is 0 Å². The zero-order chi connectivity index (χ0) is 22.9. The van der Waals surface area contributed by atoms with Crippen LogP contribution >= 0.6 is 23.1 Å². The fraction of sp³-hybridized carbons (Fsp3) is 0.360. The van der Waals surface area contributed by atoms with E-state index in [1.165, 1.54) is 12.1 Å². The maximum absolute atomic E-state index is 13.4. The summed E-state index contributed by atoms with van der Waals surface area (Å²) >= 11 is 3.26. The molecule has 0 amide bonds. The lowest BCUT2D eigenvalue weighted by molar-refractivity contribution is -0.143. The minimum Gasteiger partial charge on any atom is -0.481 e. The van der Waals surface area contributed by atoms with Gasteiger partial charge in [-0.1, -0.05) is 49.2 Å². The predicted octanol–water partition coefficient (Wildman–Crippen LogP) is 7.42. The summed E-state index contributed by atoms with van der Waals surface area (Å²) in [7, 11) is 0. The molecule has 1 aliphatic rings. The van der Waals surface area contributed by atoms with E-state index in [9.17, 15) is 18.7 Å². The average molecular weight is 474 g/mol. The molecule has 0 saturated heterocycles. The van der Waals surface area contributed by atoms with Gasteiger partial charge in [0.2, 0.25) is 0 Å². The van der Waals surface area contributed by atoms with Gasteiger partial charge in [-0.15, -0.1) is 23.1 Å². The highest BCUT2D eigenvalue weighted by Gasteiger charge is 2.42. The molecule has 1 heterocycles. The topological polar surface area (TPSA) is 50.2 Å². The van der Waals surface area contributed by atoms with E-state index < -0.39 is 17.3 Å². The molecule has 3 nitrogen and oxygen atoms in total. The number of rotatable bonds is 7. The molecule has 168 valence electrons. The number of carboxylic acids is 1. The number of aliphatic carboxylic acids is 1. The minimum atomic E-state index is -2.85. The fourth-order valence-corrected chi connectivity index (χ4v) is 6.33. The van der Waals surface area contributed by atoms with E-state index in [-0.39, 0.29) is 5.56 Å². The zero-order valence-corrected chi connectivity index (χ0v) is 19.7. The van der Waals surface area contributed by atoms with Crippen LogP contribution in [0.5, 0.6) is 0 Å². The van der Waals surface area contributed by atoms with Gasteiger partial charge in [0.05, 0.1) is 11.1 Å². The van der Waals surface area contributed by atoms with Crippen molar-refractivity contribution in [1.82, 2.24) is 4.98 Å². The van der Waals surface area contributed by atoms with Gasteiger partial charge in [0.1, 0.15) is 5.01 Å². The summed E-state index contributed by atoms with van der Waals surface area (Å²) in [6.45, 7) is 2.86. The summed E-state index contributed by atoms with van der Waals surface area (Å²) in [4.78, 5) is 18.7. The molecule has 1 aromatic heterocycles. The third-order valence-corrected chi connectivity index (χ3v) is 8.60. The first-order valence-corrected chi connectivity index (χ1v) is 12.4. The van der Waals surface area contributed by atoms with Crippen LogP contribution in [0, 0.1) is 6.92 Å². The molecule has 0 radical (unpaired) electrons. The summed E-state index contributed by atoms with van der Waals surface area (Å²) in [5, 5.41) is 10.6. The number of aromatic nitrogens is 1. The molecule has 1 aliphatic carbocycles. The Balaban J connectivity index is 1.45. The first-order valence-electron chi connectivity index (χ1n) is 10.6. The number of alkyl halides is 2. The van der Waals surface area contributed by atoms with E-state index >= 15 is 0 Å². The van der Waals surface area contributed by atoms with Crippen LogP contribution < -0.4 is 0 Å². The fourth-order valence-electron chi connectivity index (χ4n) is 4.21. The molecule has 1 fully saturated rings. The van der Waals surface area contributed by atoms with E-state index in [0.29, 0.717) is 12.8 Å². The van der Waals surface area contributed by atoms with E-state index in [0.717, 1.165) is 57.1 Å². The lowest BCUT2D eigenvalue weighted by atomic mass is 9.79. The predicted molar refractivity (Wildman–Crippen MR) is 126 cm³/mol. The summed E-state index contributed by atoms with van der Waals surface area (Å²) in [6, 6.07) is 14.2. The summed E-state index contributed by atoms with van der Waals surface area (Å²) in [5.41, 5.74) is 1.93. The Morgan fingerprint density at radius 3 is 2.31 bits per heavy atom. The van der Waals surface area contributed by atoms with Crippen molar-refractivity contribution in [2.24, 2.45) is 0 Å². The Morgan fingerprint density at radius 1 is 1.12 bits per heavy atom. The van der Waals surface area contributed by atoms with Crippen LogP contribution in [0.25, 0.3) is 10.6 Å². The summed E-state index contributed by atoms with van der Waals surface area (Å²) in [6.07, 6.45) is 3.32. The lowest BCUT2D eigenvalue weighted by Gasteiger charge is -2.24. The summed E-state index contributed by atoms with van der Waals surface area (Å²) < 4.78 is 26.9. The van der Waals surface area contributed by atoms with Gasteiger partial charge in [0.15, 0.2) is 0 Å². The van der Waals surface area contributed by atoms with Gasteiger partial charge in [-0.25, -0.2) is 13.8 Å². The number of hydrogen-bond acceptors (Lipinski definition) is 4. The van der Waals surface area contributed by atoms with E-state index in [4.69, 9.17) is 0 Å². The van der Waals surface area contributed by atoms with Crippen LogP contribution in [0.4, 0.5) is 8.78 Å². The Hall–Kier alpha value is -2.25. The normalized spacial score (nSPS) is 15.8. The molecule has 32 heavy (non-hydrogen) atoms. The highest BCUT2D eigenvalue weighted by molar-refractivity contribution is 7.98. The molecular formula is C25H25F2NO2S2. The highest BCUT2D eigenvalue weighted by Crippen LogP contribution is 2.42. The van der Waals surface area contributed by atoms with Crippen LogP contribution in [0.3, 0.4) is 0 Å². The van der Waals surface area contributed by atoms with E-state index in [1.807, 2.05) is 31.2 Å². The van der Waals surface area contributed by atoms with Crippen LogP contribution in [0.15, 0.2) is 53.4 Å². The van der Waals surface area contributed by atoms with Gasteiger partial charge in [-0.3, -0.25) is 4.79 Å². The number of thiazole rings is 1. The monoisotopic (exact) mass is 473 g/mol. The number of aryl methyl sites for hydroxylation is 1. The second kappa shape index (κ2) is 8.94. The molecule has 0 aliphatic heterocycles. The quantitative estimate of drug-likeness (QED) is 0.363. The molecule has 1 saturated carbocycles. The van der Waals surface area contributed by atoms with Crippen molar-refractivity contribution in [2.75, 3.05) is 0 Å². The van der Waals surface area contributed by atoms with Gasteiger partial charge in [0, 0.05) is 33.6 Å². The van der Waals surface area contributed by atoms with Crippen molar-refractivity contribution in [2.45, 2.75) is 61.5 Å². The molecule has 4 rings (SSSR count). The second-order valence-electron chi connectivity index (χ2n) is 8.40. The van der Waals surface area contributed by atoms with Crippen molar-refractivity contribution < 1.29 is 18.7 Å². The standard InChI is InChI=1S/C25H25F2NO2S2/c1-16-21(32-22(28-16)17-5-7-18(8-6-17)24(2,26)27)15-31-20-11-9-19(10-12-20)25(23(29)30)13-3-4-14-25/h5-12H,3-4,13-15H2,1-2H3,(H,29,30). The molecule has 0 spiro atoms. The third kappa shape index (κ3) is 4.59. The van der Waals surface area contributed by atoms with E-state index in [2.05, 4.69) is 4.98 Å². The van der Waals surface area contributed by atoms with Crippen molar-refractivity contribution >= 4 is 29.1 Å². The maximum Gasteiger partial charge on any atom is 0.314 e. The molecule has 7 heteroatoms. The van der Waals surface area contributed by atoms with Gasteiger partial charge in [0.25, 0.3) is 5.92 Å². The maximum atomic E-state index is 13.4. The molecule has 3 aromatic rings. The number of nitrogens with zero attached hydrogens (tertiary/aromatic N) is 1. The van der Waals surface area contributed by atoms with Crippen LogP contribution in [0.2, 0.25) is 0 Å². The third-order valence-electron chi connectivity index (χ3n) is 6.17. The zero-order valence-electron chi connectivity index (χ0n) is 18.0. The number of halogens is 2. The molecule has 1 N–H and O–H groups in total. The number of benzene rings is 2. The first kappa shape index (κ1) is 22.9. The van der Waals surface area contributed by atoms with Gasteiger partial charge in [-0.05, 0) is 37.5 Å². The minimum absolute atomic E-state index is 0.00367. The van der Waals surface area contributed by atoms with Crippen LogP contribution in [-0.2, 0) is 21.9 Å². The average Bonchev–Trinajstić information content (AvgIpc) is 3.40. The Bertz CT molecular complexity index is 1100. The summed E-state index contributed by atoms with van der Waals surface area (Å²) in [5.74, 6) is -2.83. The number of hydrogen-bond donors (Lipinski definition) is 1. The molecule has 0 unspecified atom stereocenters. The second-order valence-corrected chi connectivity index (χ2v) is 10.5. The SMILES string of the molecule is Cc1nc(-c2ccc(C(C)(F)F)cc2)sc1CSc1ccc(C2(C(=O)O)CCCC2)cc1. The lowest BCUT2D eigenvalue weighted by Crippen LogP contribution is -2.32. The van der Waals surface area contributed by atoms with Crippen LogP contribution in [-0.4, -0.2) is 16.1 Å². The smallest absolute Gasteiger partial charge is 0.314 e. The van der Waals surface area contributed by atoms with Crippen LogP contribution in [0.1, 0.15) is 54.3 Å². The van der Waals surface area contributed by atoms with Crippen molar-refractivity contribution in [3.05, 3.63) is 70.2 Å². The Morgan fingerprint density at radius 2 is 1.75 bits per heavy atom. The number of carbonyl (C=O) groups is 1. The van der Waals surface area contributed by atoms with Gasteiger partial charge in [-0.2, -0.15) is 0 Å². The van der Waals surface area contributed by atoms with Gasteiger partial charge < -0.3 is 5.11 Å². The molecule has 2 aromatic carbocycles. The number of carboxylic acid groups (broad SMARTS) is 1.